The monoisotopic (exact) mass is 322 g/mol. The van der Waals surface area contributed by atoms with Crippen LogP contribution in [0.3, 0.4) is 0 Å². The van der Waals surface area contributed by atoms with Gasteiger partial charge in [0.1, 0.15) is 6.10 Å². The molecule has 0 radical (unpaired) electrons. The zero-order valence-electron chi connectivity index (χ0n) is 13.4. The van der Waals surface area contributed by atoms with Gasteiger partial charge in [-0.2, -0.15) is 0 Å². The number of rotatable bonds is 6. The summed E-state index contributed by atoms with van der Waals surface area (Å²) in [6.07, 6.45) is 9.37. The summed E-state index contributed by atoms with van der Waals surface area (Å²) in [6.45, 7) is -0.180. The Kier molecular flexibility index (Phi) is 5.33. The number of ether oxygens (including phenoxy) is 1. The number of aliphatic hydroxyl groups excluding tert-OH is 1. The smallest absolute Gasteiger partial charge is 0.223 e. The highest BCUT2D eigenvalue weighted by atomic mass is 16.5. The van der Waals surface area contributed by atoms with E-state index in [1.165, 1.54) is 6.42 Å². The molecule has 0 saturated heterocycles. The summed E-state index contributed by atoms with van der Waals surface area (Å²) in [4.78, 5) is 24.0. The van der Waals surface area contributed by atoms with Crippen molar-refractivity contribution >= 4 is 11.8 Å². The van der Waals surface area contributed by atoms with E-state index in [2.05, 4.69) is 10.6 Å². The van der Waals surface area contributed by atoms with Crippen molar-refractivity contribution < 1.29 is 19.4 Å². The van der Waals surface area contributed by atoms with E-state index < -0.39 is 6.10 Å². The number of amides is 2. The van der Waals surface area contributed by atoms with Crippen LogP contribution >= 0.6 is 0 Å². The second kappa shape index (κ2) is 7.45. The van der Waals surface area contributed by atoms with E-state index in [-0.39, 0.29) is 42.9 Å². The summed E-state index contributed by atoms with van der Waals surface area (Å²) in [7, 11) is 0. The summed E-state index contributed by atoms with van der Waals surface area (Å²) in [5.74, 6) is 0.126. The van der Waals surface area contributed by atoms with Crippen molar-refractivity contribution in [2.24, 2.45) is 5.92 Å². The third-order valence-electron chi connectivity index (χ3n) is 5.10. The van der Waals surface area contributed by atoms with Crippen LogP contribution in [0.25, 0.3) is 0 Å². The molecule has 3 rings (SSSR count). The Hall–Kier alpha value is -1.40. The summed E-state index contributed by atoms with van der Waals surface area (Å²) in [6, 6.07) is -0.00253. The van der Waals surface area contributed by atoms with E-state index >= 15 is 0 Å². The van der Waals surface area contributed by atoms with Crippen LogP contribution in [-0.4, -0.2) is 47.8 Å². The van der Waals surface area contributed by atoms with Gasteiger partial charge in [0.25, 0.3) is 0 Å². The van der Waals surface area contributed by atoms with Gasteiger partial charge in [0, 0.05) is 12.0 Å². The van der Waals surface area contributed by atoms with Crippen molar-refractivity contribution in [1.82, 2.24) is 10.6 Å². The van der Waals surface area contributed by atoms with E-state index in [0.29, 0.717) is 6.04 Å². The zero-order chi connectivity index (χ0) is 16.2. The van der Waals surface area contributed by atoms with Crippen molar-refractivity contribution in [2.45, 2.75) is 69.2 Å². The van der Waals surface area contributed by atoms with Crippen molar-refractivity contribution in [3.63, 3.8) is 0 Å². The lowest BCUT2D eigenvalue weighted by atomic mass is 9.84. The molecule has 0 aromatic carbocycles. The van der Waals surface area contributed by atoms with Crippen LogP contribution in [0.4, 0.5) is 0 Å². The Morgan fingerprint density at radius 3 is 2.39 bits per heavy atom. The standard InChI is InChI=1S/C17H26N2O4/c20-10-15-14(19-17(22)11-3-1-4-11)8-7-13(23-15)9-16(21)18-12-5-2-6-12/h7-8,11-15,20H,1-6,9-10H2,(H,18,21)(H,19,22)/t13-,14-,15+/m0/s1. The predicted molar refractivity (Wildman–Crippen MR) is 84.6 cm³/mol. The molecule has 0 aromatic rings. The van der Waals surface area contributed by atoms with E-state index in [4.69, 9.17) is 4.74 Å². The fourth-order valence-electron chi connectivity index (χ4n) is 3.11. The molecular weight excluding hydrogens is 296 g/mol. The van der Waals surface area contributed by atoms with E-state index in [1.54, 1.807) is 0 Å². The predicted octanol–water partition coefficient (Wildman–Crippen LogP) is 0.646. The number of carbonyl (C=O) groups is 2. The van der Waals surface area contributed by atoms with Gasteiger partial charge in [-0.1, -0.05) is 18.6 Å². The molecule has 3 atom stereocenters. The van der Waals surface area contributed by atoms with Gasteiger partial charge < -0.3 is 20.5 Å². The SMILES string of the molecule is O=C(C[C@@H]1C=C[C@H](NC(=O)C2CCC2)[C@@H](CO)O1)NC1CCC1. The molecule has 6 nitrogen and oxygen atoms in total. The minimum absolute atomic E-state index is 0.0157. The van der Waals surface area contributed by atoms with Crippen LogP contribution in [-0.2, 0) is 14.3 Å². The molecular formula is C17H26N2O4. The molecule has 3 aliphatic rings. The van der Waals surface area contributed by atoms with Crippen molar-refractivity contribution in [3.05, 3.63) is 12.2 Å². The summed E-state index contributed by atoms with van der Waals surface area (Å²) in [5, 5.41) is 15.4. The zero-order valence-corrected chi connectivity index (χ0v) is 13.4. The highest BCUT2D eigenvalue weighted by Crippen LogP contribution is 2.27. The van der Waals surface area contributed by atoms with E-state index in [9.17, 15) is 14.7 Å². The van der Waals surface area contributed by atoms with Gasteiger partial charge >= 0.3 is 0 Å². The lowest BCUT2D eigenvalue weighted by Gasteiger charge is -2.34. The second-order valence-electron chi connectivity index (χ2n) is 6.84. The number of hydrogen-bond acceptors (Lipinski definition) is 4. The average Bonchev–Trinajstić information content (AvgIpc) is 2.42. The molecule has 0 bridgehead atoms. The van der Waals surface area contributed by atoms with Gasteiger partial charge in [-0.25, -0.2) is 0 Å². The highest BCUT2D eigenvalue weighted by Gasteiger charge is 2.32. The van der Waals surface area contributed by atoms with Crippen LogP contribution in [0.1, 0.15) is 44.9 Å². The van der Waals surface area contributed by atoms with Gasteiger partial charge in [0.05, 0.1) is 25.2 Å². The van der Waals surface area contributed by atoms with Crippen molar-refractivity contribution in [3.8, 4) is 0 Å². The summed E-state index contributed by atoms with van der Waals surface area (Å²) < 4.78 is 5.77. The minimum atomic E-state index is -0.495. The van der Waals surface area contributed by atoms with Crippen LogP contribution in [0.5, 0.6) is 0 Å². The molecule has 0 spiro atoms. The number of aliphatic hydroxyl groups is 1. The van der Waals surface area contributed by atoms with Gasteiger partial charge in [0.15, 0.2) is 0 Å². The third-order valence-corrected chi connectivity index (χ3v) is 5.10. The van der Waals surface area contributed by atoms with Crippen LogP contribution in [0.2, 0.25) is 0 Å². The fraction of sp³-hybridized carbons (Fsp3) is 0.765. The Labute approximate surface area is 136 Å². The van der Waals surface area contributed by atoms with E-state index in [1.807, 2.05) is 12.2 Å². The normalized spacial score (nSPS) is 31.1. The first-order chi connectivity index (χ1) is 11.2. The Balaban J connectivity index is 1.49. The van der Waals surface area contributed by atoms with Crippen molar-refractivity contribution in [1.29, 1.82) is 0 Å². The van der Waals surface area contributed by atoms with Crippen LogP contribution in [0.15, 0.2) is 12.2 Å². The first kappa shape index (κ1) is 16.5. The molecule has 0 unspecified atom stereocenters. The number of nitrogens with one attached hydrogen (secondary N) is 2. The maximum absolute atomic E-state index is 12.0. The number of carbonyl (C=O) groups excluding carboxylic acids is 2. The highest BCUT2D eigenvalue weighted by molar-refractivity contribution is 5.80. The van der Waals surface area contributed by atoms with Gasteiger partial charge in [-0.05, 0) is 32.1 Å². The molecule has 6 heteroatoms. The molecule has 1 heterocycles. The first-order valence-electron chi connectivity index (χ1n) is 8.70. The lowest BCUT2D eigenvalue weighted by Crippen LogP contribution is -2.51. The Morgan fingerprint density at radius 2 is 1.83 bits per heavy atom. The maximum atomic E-state index is 12.0. The quantitative estimate of drug-likeness (QED) is 0.627. The van der Waals surface area contributed by atoms with Gasteiger partial charge in [0.2, 0.25) is 11.8 Å². The van der Waals surface area contributed by atoms with E-state index in [0.717, 1.165) is 32.1 Å². The van der Waals surface area contributed by atoms with Gasteiger partial charge in [-0.15, -0.1) is 0 Å². The Bertz CT molecular complexity index is 471. The maximum Gasteiger partial charge on any atom is 0.223 e. The molecule has 2 saturated carbocycles. The molecule has 0 aromatic heterocycles. The minimum Gasteiger partial charge on any atom is -0.394 e. The molecule has 2 aliphatic carbocycles. The van der Waals surface area contributed by atoms with Crippen LogP contribution < -0.4 is 10.6 Å². The third kappa shape index (κ3) is 4.12. The topological polar surface area (TPSA) is 87.7 Å². The molecule has 2 amide bonds. The largest absolute Gasteiger partial charge is 0.394 e. The summed E-state index contributed by atoms with van der Waals surface area (Å²) in [5.41, 5.74) is 0. The van der Waals surface area contributed by atoms with Crippen molar-refractivity contribution in [2.75, 3.05) is 6.61 Å². The number of hydrogen-bond donors (Lipinski definition) is 3. The molecule has 3 N–H and O–H groups in total. The molecule has 23 heavy (non-hydrogen) atoms. The molecule has 128 valence electrons. The molecule has 1 aliphatic heterocycles. The average molecular weight is 322 g/mol. The van der Waals surface area contributed by atoms with Gasteiger partial charge in [-0.3, -0.25) is 9.59 Å². The lowest BCUT2D eigenvalue weighted by molar-refractivity contribution is -0.132. The fourth-order valence-corrected chi connectivity index (χ4v) is 3.11. The second-order valence-corrected chi connectivity index (χ2v) is 6.84. The summed E-state index contributed by atoms with van der Waals surface area (Å²) >= 11 is 0. The van der Waals surface area contributed by atoms with Crippen LogP contribution in [0, 0.1) is 5.92 Å². The first-order valence-corrected chi connectivity index (χ1v) is 8.70. The Morgan fingerprint density at radius 1 is 1.09 bits per heavy atom. The molecule has 2 fully saturated rings.